The van der Waals surface area contributed by atoms with Crippen LogP contribution in [0.2, 0.25) is 5.02 Å². The van der Waals surface area contributed by atoms with Crippen LogP contribution in [-0.4, -0.2) is 20.7 Å². The van der Waals surface area contributed by atoms with Crippen molar-refractivity contribution in [3.8, 4) is 17.1 Å². The predicted molar refractivity (Wildman–Crippen MR) is 111 cm³/mol. The third-order valence-corrected chi connectivity index (χ3v) is 4.69. The third-order valence-electron chi connectivity index (χ3n) is 4.37. The van der Waals surface area contributed by atoms with Crippen molar-refractivity contribution in [1.29, 1.82) is 0 Å². The molecule has 1 aromatic heterocycles. The predicted octanol–water partition coefficient (Wildman–Crippen LogP) is 5.29. The quantitative estimate of drug-likeness (QED) is 0.501. The highest BCUT2D eigenvalue weighted by Gasteiger charge is 2.20. The molecule has 0 aliphatic rings. The van der Waals surface area contributed by atoms with E-state index in [1.54, 1.807) is 18.2 Å². The van der Waals surface area contributed by atoms with E-state index in [2.05, 4.69) is 15.4 Å². The van der Waals surface area contributed by atoms with E-state index in [1.165, 1.54) is 16.8 Å². The lowest BCUT2D eigenvalue weighted by atomic mass is 10.2. The van der Waals surface area contributed by atoms with Crippen LogP contribution in [0.15, 0.2) is 72.8 Å². The first-order valence-electron chi connectivity index (χ1n) is 8.88. The molecule has 0 unspecified atom stereocenters. The van der Waals surface area contributed by atoms with Gasteiger partial charge < -0.3 is 5.32 Å². The van der Waals surface area contributed by atoms with Crippen molar-refractivity contribution in [1.82, 2.24) is 14.8 Å². The van der Waals surface area contributed by atoms with E-state index in [1.807, 2.05) is 49.4 Å². The fourth-order valence-corrected chi connectivity index (χ4v) is 3.17. The SMILES string of the molecule is Cc1cccc(Cl)c1NC(=O)c1nc(-c2ccccc2)n(-c2ccc(F)cc2)n1. The lowest BCUT2D eigenvalue weighted by molar-refractivity contribution is 0.101. The van der Waals surface area contributed by atoms with Gasteiger partial charge in [0.25, 0.3) is 5.91 Å². The average molecular weight is 407 g/mol. The molecule has 0 saturated heterocycles. The number of nitrogens with one attached hydrogen (secondary N) is 1. The molecule has 0 fully saturated rings. The van der Waals surface area contributed by atoms with Gasteiger partial charge in [-0.1, -0.05) is 54.1 Å². The number of hydrogen-bond donors (Lipinski definition) is 1. The summed E-state index contributed by atoms with van der Waals surface area (Å²) in [6.45, 7) is 1.85. The molecule has 3 aromatic carbocycles. The molecule has 0 spiro atoms. The molecule has 4 aromatic rings. The van der Waals surface area contributed by atoms with Crippen LogP contribution in [0.3, 0.4) is 0 Å². The van der Waals surface area contributed by atoms with E-state index in [4.69, 9.17) is 11.6 Å². The summed E-state index contributed by atoms with van der Waals surface area (Å²) < 4.78 is 14.9. The van der Waals surface area contributed by atoms with Gasteiger partial charge in [-0.15, -0.1) is 5.10 Å². The Morgan fingerprint density at radius 3 is 2.41 bits per heavy atom. The number of carbonyl (C=O) groups excluding carboxylic acids is 1. The second-order valence-electron chi connectivity index (χ2n) is 6.40. The minimum atomic E-state index is -0.487. The first-order chi connectivity index (χ1) is 14.0. The minimum absolute atomic E-state index is 0.0208. The van der Waals surface area contributed by atoms with Crippen LogP contribution < -0.4 is 5.32 Å². The lowest BCUT2D eigenvalue weighted by Gasteiger charge is -2.08. The van der Waals surface area contributed by atoms with Gasteiger partial charge in [-0.05, 0) is 42.8 Å². The van der Waals surface area contributed by atoms with Crippen molar-refractivity contribution in [2.75, 3.05) is 5.32 Å². The number of aromatic nitrogens is 3. The molecule has 0 bridgehead atoms. The van der Waals surface area contributed by atoms with Crippen molar-refractivity contribution < 1.29 is 9.18 Å². The molecule has 4 rings (SSSR count). The van der Waals surface area contributed by atoms with E-state index in [0.717, 1.165) is 11.1 Å². The molecule has 1 amide bonds. The van der Waals surface area contributed by atoms with Crippen molar-refractivity contribution in [3.05, 3.63) is 95.0 Å². The van der Waals surface area contributed by atoms with E-state index >= 15 is 0 Å². The van der Waals surface area contributed by atoms with Gasteiger partial charge in [0, 0.05) is 5.56 Å². The number of rotatable bonds is 4. The molecule has 0 atom stereocenters. The van der Waals surface area contributed by atoms with Gasteiger partial charge in [0.15, 0.2) is 5.82 Å². The molecule has 0 radical (unpaired) electrons. The topological polar surface area (TPSA) is 59.8 Å². The third kappa shape index (κ3) is 3.88. The zero-order valence-electron chi connectivity index (χ0n) is 15.4. The maximum Gasteiger partial charge on any atom is 0.295 e. The molecule has 144 valence electrons. The number of aryl methyl sites for hydroxylation is 1. The lowest BCUT2D eigenvalue weighted by Crippen LogP contribution is -2.15. The summed E-state index contributed by atoms with van der Waals surface area (Å²) >= 11 is 6.21. The van der Waals surface area contributed by atoms with Crippen LogP contribution in [0.25, 0.3) is 17.1 Å². The largest absolute Gasteiger partial charge is 0.318 e. The van der Waals surface area contributed by atoms with Gasteiger partial charge in [-0.25, -0.2) is 14.1 Å². The molecule has 0 aliphatic heterocycles. The first-order valence-corrected chi connectivity index (χ1v) is 9.25. The Balaban J connectivity index is 1.77. The first kappa shape index (κ1) is 18.8. The zero-order chi connectivity index (χ0) is 20.4. The van der Waals surface area contributed by atoms with Crippen molar-refractivity contribution >= 4 is 23.2 Å². The van der Waals surface area contributed by atoms with Gasteiger partial charge in [0.2, 0.25) is 5.82 Å². The van der Waals surface area contributed by atoms with Crippen LogP contribution in [0.4, 0.5) is 10.1 Å². The Labute approximate surface area is 171 Å². The average Bonchev–Trinajstić information content (AvgIpc) is 3.17. The Bertz CT molecular complexity index is 1150. The molecule has 29 heavy (non-hydrogen) atoms. The smallest absolute Gasteiger partial charge is 0.295 e. The molecule has 0 aliphatic carbocycles. The van der Waals surface area contributed by atoms with E-state index in [9.17, 15) is 9.18 Å². The summed E-state index contributed by atoms with van der Waals surface area (Å²) in [6.07, 6.45) is 0. The highest BCUT2D eigenvalue weighted by atomic mass is 35.5. The van der Waals surface area contributed by atoms with Gasteiger partial charge in [-0.3, -0.25) is 4.79 Å². The zero-order valence-corrected chi connectivity index (χ0v) is 16.2. The molecule has 5 nitrogen and oxygen atoms in total. The number of carbonyl (C=O) groups is 1. The van der Waals surface area contributed by atoms with E-state index in [0.29, 0.717) is 22.2 Å². The number of anilines is 1. The van der Waals surface area contributed by atoms with Gasteiger partial charge in [-0.2, -0.15) is 0 Å². The number of nitrogens with zero attached hydrogens (tertiary/aromatic N) is 3. The monoisotopic (exact) mass is 406 g/mol. The van der Waals surface area contributed by atoms with Gasteiger partial charge >= 0.3 is 0 Å². The fourth-order valence-electron chi connectivity index (χ4n) is 2.90. The van der Waals surface area contributed by atoms with Crippen LogP contribution in [0.5, 0.6) is 0 Å². The number of halogens is 2. The second kappa shape index (κ2) is 7.85. The van der Waals surface area contributed by atoms with Crippen LogP contribution in [0, 0.1) is 12.7 Å². The number of amides is 1. The molecular formula is C22H16ClFN4O. The maximum atomic E-state index is 13.4. The summed E-state index contributed by atoms with van der Waals surface area (Å²) in [6, 6.07) is 20.5. The van der Waals surface area contributed by atoms with Crippen molar-refractivity contribution in [3.63, 3.8) is 0 Å². The highest BCUT2D eigenvalue weighted by Crippen LogP contribution is 2.26. The summed E-state index contributed by atoms with van der Waals surface area (Å²) in [5.41, 5.74) is 2.70. The molecule has 1 N–H and O–H groups in total. The molecule has 0 saturated carbocycles. The number of para-hydroxylation sites is 1. The highest BCUT2D eigenvalue weighted by molar-refractivity contribution is 6.34. The van der Waals surface area contributed by atoms with Crippen LogP contribution in [0.1, 0.15) is 16.2 Å². The molecular weight excluding hydrogens is 391 g/mol. The minimum Gasteiger partial charge on any atom is -0.318 e. The Morgan fingerprint density at radius 2 is 1.72 bits per heavy atom. The molecule has 1 heterocycles. The van der Waals surface area contributed by atoms with Crippen LogP contribution in [-0.2, 0) is 0 Å². The van der Waals surface area contributed by atoms with Gasteiger partial charge in [0.05, 0.1) is 16.4 Å². The van der Waals surface area contributed by atoms with E-state index in [-0.39, 0.29) is 11.6 Å². The standard InChI is InChI=1S/C22H16ClFN4O/c1-14-6-5-9-18(23)19(14)25-22(29)20-26-21(15-7-3-2-4-8-15)28(27-20)17-12-10-16(24)11-13-17/h2-13H,1H3,(H,25,29). The Morgan fingerprint density at radius 1 is 1.00 bits per heavy atom. The fraction of sp³-hybridized carbons (Fsp3) is 0.0455. The summed E-state index contributed by atoms with van der Waals surface area (Å²) in [5, 5.41) is 7.58. The maximum absolute atomic E-state index is 13.4. The van der Waals surface area contributed by atoms with E-state index < -0.39 is 5.91 Å². The van der Waals surface area contributed by atoms with Crippen LogP contribution >= 0.6 is 11.6 Å². The second-order valence-corrected chi connectivity index (χ2v) is 6.81. The van der Waals surface area contributed by atoms with Crippen molar-refractivity contribution in [2.45, 2.75) is 6.92 Å². The summed E-state index contributed by atoms with van der Waals surface area (Å²) in [4.78, 5) is 17.3. The van der Waals surface area contributed by atoms with Crippen molar-refractivity contribution in [2.24, 2.45) is 0 Å². The Kier molecular flexibility index (Phi) is 5.10. The summed E-state index contributed by atoms with van der Waals surface area (Å²) in [5.74, 6) is -0.396. The summed E-state index contributed by atoms with van der Waals surface area (Å²) in [7, 11) is 0. The molecule has 7 heteroatoms. The number of hydrogen-bond acceptors (Lipinski definition) is 3. The normalized spacial score (nSPS) is 10.7. The number of benzene rings is 3. The Hall–Kier alpha value is -3.51. The van der Waals surface area contributed by atoms with Gasteiger partial charge in [0.1, 0.15) is 5.82 Å².